The summed E-state index contributed by atoms with van der Waals surface area (Å²) in [7, 11) is 1.33. The monoisotopic (exact) mass is 329 g/mol. The van der Waals surface area contributed by atoms with Crippen LogP contribution in [0.15, 0.2) is 18.2 Å². The number of ether oxygens (including phenoxy) is 1. The van der Waals surface area contributed by atoms with E-state index in [2.05, 4.69) is 30.5 Å². The first-order valence-electron chi connectivity index (χ1n) is 8.38. The number of aryl methyl sites for hydroxylation is 1. The van der Waals surface area contributed by atoms with Gasteiger partial charge in [0.15, 0.2) is 0 Å². The Morgan fingerprint density at radius 2 is 2.12 bits per heavy atom. The van der Waals surface area contributed by atoms with Crippen LogP contribution in [0.1, 0.15) is 44.0 Å². The molecule has 1 aromatic carbocycles. The van der Waals surface area contributed by atoms with Crippen LogP contribution in [0.25, 0.3) is 17.0 Å². The maximum absolute atomic E-state index is 14.1. The average Bonchev–Trinajstić information content (AvgIpc) is 2.89. The summed E-state index contributed by atoms with van der Waals surface area (Å²) < 4.78 is 18.7. The molecular weight excluding hydrogens is 305 g/mol. The highest BCUT2D eigenvalue weighted by atomic mass is 19.1. The number of fused-ring (bicyclic) bond motifs is 3. The lowest BCUT2D eigenvalue weighted by Crippen LogP contribution is -2.26. The van der Waals surface area contributed by atoms with E-state index in [4.69, 9.17) is 0 Å². The summed E-state index contributed by atoms with van der Waals surface area (Å²) in [4.78, 5) is 14.8. The summed E-state index contributed by atoms with van der Waals surface area (Å²) in [5, 5.41) is 0.934. The number of carbonyl (C=O) groups excluding carboxylic acids is 1. The Balaban J connectivity index is 2.08. The molecule has 1 N–H and O–H groups in total. The van der Waals surface area contributed by atoms with E-state index in [1.54, 1.807) is 12.1 Å². The number of aromatic nitrogens is 1. The molecule has 0 radical (unpaired) electrons. The number of hydrogen-bond acceptors (Lipinski definition) is 2. The molecule has 3 rings (SSSR count). The molecule has 2 aromatic rings. The molecule has 0 amide bonds. The van der Waals surface area contributed by atoms with Crippen LogP contribution in [0, 0.1) is 17.2 Å². The zero-order valence-corrected chi connectivity index (χ0v) is 14.7. The van der Waals surface area contributed by atoms with Gasteiger partial charge in [-0.15, -0.1) is 0 Å². The van der Waals surface area contributed by atoms with Crippen LogP contribution < -0.4 is 0 Å². The van der Waals surface area contributed by atoms with E-state index in [1.165, 1.54) is 30.5 Å². The zero-order chi connectivity index (χ0) is 17.5. The molecule has 1 aliphatic carbocycles. The van der Waals surface area contributed by atoms with Crippen molar-refractivity contribution >= 4 is 22.9 Å². The highest BCUT2D eigenvalue weighted by molar-refractivity contribution is 5.95. The first kappa shape index (κ1) is 16.7. The highest BCUT2D eigenvalue weighted by Gasteiger charge is 2.30. The van der Waals surface area contributed by atoms with Gasteiger partial charge in [-0.2, -0.15) is 0 Å². The number of hydrogen-bond donors (Lipinski definition) is 1. The van der Waals surface area contributed by atoms with Gasteiger partial charge in [0.25, 0.3) is 0 Å². The first-order valence-corrected chi connectivity index (χ1v) is 8.38. The summed E-state index contributed by atoms with van der Waals surface area (Å²) in [5.74, 6) is -0.149. The van der Waals surface area contributed by atoms with Crippen molar-refractivity contribution in [1.29, 1.82) is 0 Å². The number of H-pyrrole nitrogens is 1. The van der Waals surface area contributed by atoms with Crippen molar-refractivity contribution in [3.05, 3.63) is 40.8 Å². The zero-order valence-electron chi connectivity index (χ0n) is 14.7. The molecule has 3 nitrogen and oxygen atoms in total. The van der Waals surface area contributed by atoms with Gasteiger partial charge in [-0.3, -0.25) is 0 Å². The summed E-state index contributed by atoms with van der Waals surface area (Å²) in [5.41, 5.74) is 4.24. The number of methoxy groups -OCH3 is 1. The minimum absolute atomic E-state index is 0.238. The van der Waals surface area contributed by atoms with Gasteiger partial charge in [-0.1, -0.05) is 20.8 Å². The van der Waals surface area contributed by atoms with Crippen molar-refractivity contribution < 1.29 is 13.9 Å². The Hall–Kier alpha value is -2.10. The Labute approximate surface area is 141 Å². The fraction of sp³-hybridized carbons (Fsp3) is 0.450. The third kappa shape index (κ3) is 3.10. The summed E-state index contributed by atoms with van der Waals surface area (Å²) >= 11 is 0. The fourth-order valence-electron chi connectivity index (χ4n) is 3.60. The van der Waals surface area contributed by atoms with E-state index in [1.807, 2.05) is 0 Å². The van der Waals surface area contributed by atoms with Crippen LogP contribution in [-0.4, -0.2) is 18.1 Å². The van der Waals surface area contributed by atoms with Crippen LogP contribution in [0.2, 0.25) is 0 Å². The molecule has 0 saturated carbocycles. The maximum Gasteiger partial charge on any atom is 0.330 e. The van der Waals surface area contributed by atoms with Crippen molar-refractivity contribution in [2.24, 2.45) is 11.3 Å². The predicted octanol–water partition coefficient (Wildman–Crippen LogP) is 4.64. The maximum atomic E-state index is 14.1. The second kappa shape index (κ2) is 6.08. The predicted molar refractivity (Wildman–Crippen MR) is 94.3 cm³/mol. The van der Waals surface area contributed by atoms with Gasteiger partial charge in [0.05, 0.1) is 12.6 Å². The lowest BCUT2D eigenvalue weighted by atomic mass is 9.71. The van der Waals surface area contributed by atoms with E-state index < -0.39 is 5.97 Å². The third-order valence-corrected chi connectivity index (χ3v) is 5.12. The second-order valence-electron chi connectivity index (χ2n) is 7.66. The van der Waals surface area contributed by atoms with Gasteiger partial charge in [0.2, 0.25) is 0 Å². The fourth-order valence-corrected chi connectivity index (χ4v) is 3.60. The standard InChI is InChI=1S/C20H24FNO2/c1-20(2,3)13-6-7-17-15(10-13)16-11-14(21)9-12(19(16)22-17)5-8-18(23)24-4/h5,8-9,11,13,22H,6-7,10H2,1-4H3/b8-5+. The summed E-state index contributed by atoms with van der Waals surface area (Å²) in [6.45, 7) is 6.80. The topological polar surface area (TPSA) is 42.1 Å². The Bertz CT molecular complexity index is 811. The van der Waals surface area contributed by atoms with Gasteiger partial charge >= 0.3 is 5.97 Å². The number of halogens is 1. The quantitative estimate of drug-likeness (QED) is 0.644. The van der Waals surface area contributed by atoms with Gasteiger partial charge in [0, 0.05) is 22.7 Å². The highest BCUT2D eigenvalue weighted by Crippen LogP contribution is 2.40. The van der Waals surface area contributed by atoms with E-state index in [9.17, 15) is 9.18 Å². The Kier molecular flexibility index (Phi) is 4.24. The molecule has 0 aliphatic heterocycles. The number of benzene rings is 1. The SMILES string of the molecule is COC(=O)/C=C/c1cc(F)cc2c3c([nH]c12)CCC(C(C)(C)C)C3. The average molecular weight is 329 g/mol. The summed E-state index contributed by atoms with van der Waals surface area (Å²) in [6, 6.07) is 3.05. The molecule has 0 saturated heterocycles. The van der Waals surface area contributed by atoms with Gasteiger partial charge in [-0.05, 0) is 54.4 Å². The van der Waals surface area contributed by atoms with E-state index in [-0.39, 0.29) is 11.2 Å². The van der Waals surface area contributed by atoms with Crippen molar-refractivity contribution in [3.63, 3.8) is 0 Å². The molecule has 24 heavy (non-hydrogen) atoms. The Morgan fingerprint density at radius 1 is 1.38 bits per heavy atom. The second-order valence-corrected chi connectivity index (χ2v) is 7.66. The van der Waals surface area contributed by atoms with Crippen LogP contribution in [0.3, 0.4) is 0 Å². The van der Waals surface area contributed by atoms with Crippen molar-refractivity contribution in [1.82, 2.24) is 4.98 Å². The molecule has 1 unspecified atom stereocenters. The third-order valence-electron chi connectivity index (χ3n) is 5.12. The van der Waals surface area contributed by atoms with Gasteiger partial charge in [0.1, 0.15) is 5.82 Å². The van der Waals surface area contributed by atoms with Crippen LogP contribution in [0.4, 0.5) is 4.39 Å². The summed E-state index contributed by atoms with van der Waals surface area (Å²) in [6.07, 6.45) is 6.02. The van der Waals surface area contributed by atoms with Gasteiger partial charge < -0.3 is 9.72 Å². The molecule has 1 heterocycles. The molecule has 0 bridgehead atoms. The number of aromatic amines is 1. The number of nitrogens with one attached hydrogen (secondary N) is 1. The molecule has 0 spiro atoms. The molecular formula is C20H24FNO2. The van der Waals surface area contributed by atoms with Crippen molar-refractivity contribution in [2.45, 2.75) is 40.0 Å². The van der Waals surface area contributed by atoms with Crippen LogP contribution in [-0.2, 0) is 22.4 Å². The van der Waals surface area contributed by atoms with Crippen molar-refractivity contribution in [2.75, 3.05) is 7.11 Å². The van der Waals surface area contributed by atoms with Crippen molar-refractivity contribution in [3.8, 4) is 0 Å². The number of carbonyl (C=O) groups is 1. The van der Waals surface area contributed by atoms with E-state index in [0.717, 1.165) is 30.2 Å². The van der Waals surface area contributed by atoms with Crippen LogP contribution in [0.5, 0.6) is 0 Å². The first-order chi connectivity index (χ1) is 11.3. The number of esters is 1. The lowest BCUT2D eigenvalue weighted by Gasteiger charge is -2.34. The molecule has 1 aliphatic rings. The molecule has 1 aromatic heterocycles. The number of rotatable bonds is 2. The lowest BCUT2D eigenvalue weighted by molar-refractivity contribution is -0.134. The smallest absolute Gasteiger partial charge is 0.330 e. The van der Waals surface area contributed by atoms with E-state index >= 15 is 0 Å². The minimum Gasteiger partial charge on any atom is -0.466 e. The molecule has 4 heteroatoms. The largest absolute Gasteiger partial charge is 0.466 e. The molecule has 0 fully saturated rings. The molecule has 128 valence electrons. The van der Waals surface area contributed by atoms with Crippen LogP contribution >= 0.6 is 0 Å². The minimum atomic E-state index is -0.448. The Morgan fingerprint density at radius 3 is 2.79 bits per heavy atom. The van der Waals surface area contributed by atoms with E-state index in [0.29, 0.717) is 11.5 Å². The normalized spacial score (nSPS) is 18.1. The molecule has 1 atom stereocenters. The van der Waals surface area contributed by atoms with Gasteiger partial charge in [-0.25, -0.2) is 9.18 Å².